The van der Waals surface area contributed by atoms with Crippen LogP contribution in [0.5, 0.6) is 0 Å². The fraction of sp³-hybridized carbons (Fsp3) is 0.684. The third-order valence-corrected chi connectivity index (χ3v) is 13.2. The highest BCUT2D eigenvalue weighted by atomic mass is 28.3. The fourth-order valence-electron chi connectivity index (χ4n) is 6.95. The van der Waals surface area contributed by atoms with Crippen molar-refractivity contribution < 1.29 is 28.5 Å². The number of carbonyl (C=O) groups is 1. The van der Waals surface area contributed by atoms with Crippen LogP contribution < -0.4 is 4.90 Å². The van der Waals surface area contributed by atoms with E-state index >= 15 is 4.39 Å². The van der Waals surface area contributed by atoms with E-state index in [2.05, 4.69) is 55.2 Å². The van der Waals surface area contributed by atoms with Crippen molar-refractivity contribution in [3.63, 3.8) is 0 Å². The van der Waals surface area contributed by atoms with Gasteiger partial charge in [-0.2, -0.15) is 9.61 Å². The maximum Gasteiger partial charge on any atom is 0.410 e. The number of aliphatic hydroxyl groups is 1. The van der Waals surface area contributed by atoms with Crippen LogP contribution in [-0.4, -0.2) is 96.2 Å². The van der Waals surface area contributed by atoms with Crippen LogP contribution in [0.4, 0.5) is 15.0 Å². The number of carbonyl (C=O) groups excluding carboxylic acids is 1. The first kappa shape index (κ1) is 40.3. The van der Waals surface area contributed by atoms with Crippen molar-refractivity contribution in [3.8, 4) is 11.1 Å². The van der Waals surface area contributed by atoms with Gasteiger partial charge in [0.15, 0.2) is 5.65 Å². The molecular weight excluding hydrogens is 696 g/mol. The average Bonchev–Trinajstić information content (AvgIpc) is 3.55. The van der Waals surface area contributed by atoms with Crippen LogP contribution in [0.15, 0.2) is 24.5 Å². The van der Waals surface area contributed by atoms with E-state index in [0.29, 0.717) is 43.4 Å². The van der Waals surface area contributed by atoms with Crippen LogP contribution in [0.2, 0.25) is 51.4 Å². The van der Waals surface area contributed by atoms with Crippen molar-refractivity contribution in [2.24, 2.45) is 0 Å². The minimum atomic E-state index is -1.43. The SMILES string of the molecule is CC(C)(C)OC(=O)N1C2CCC1CC(c1cc(N(COCC[Si](C)(C)C)COCC[Si](C)(C)C)n3ncc(-c4cnc(C(C)(C)O)c(F)c4)c3n1)C2. The van der Waals surface area contributed by atoms with Gasteiger partial charge in [0.25, 0.3) is 0 Å². The number of hydrogen-bond donors (Lipinski definition) is 1. The highest BCUT2D eigenvalue weighted by Crippen LogP contribution is 2.44. The topological polar surface area (TPSA) is 115 Å². The molecule has 2 fully saturated rings. The lowest BCUT2D eigenvalue weighted by Crippen LogP contribution is -2.48. The maximum absolute atomic E-state index is 15.4. The number of ether oxygens (including phenoxy) is 3. The number of halogens is 1. The zero-order valence-corrected chi connectivity index (χ0v) is 35.3. The Bertz CT molecular complexity index is 1680. The van der Waals surface area contributed by atoms with Crippen molar-refractivity contribution >= 4 is 33.7 Å². The summed E-state index contributed by atoms with van der Waals surface area (Å²) < 4.78 is 35.6. The number of anilines is 1. The number of nitrogens with zero attached hydrogens (tertiary/aromatic N) is 6. The Balaban J connectivity index is 1.55. The number of piperidine rings is 1. The summed E-state index contributed by atoms with van der Waals surface area (Å²) in [6.45, 7) is 24.7. The van der Waals surface area contributed by atoms with E-state index in [9.17, 15) is 9.90 Å². The summed E-state index contributed by atoms with van der Waals surface area (Å²) in [6.07, 6.45) is 6.39. The van der Waals surface area contributed by atoms with Crippen molar-refractivity contribution in [1.29, 1.82) is 0 Å². The molecule has 3 aromatic rings. The molecule has 5 rings (SSSR count). The van der Waals surface area contributed by atoms with Gasteiger partial charge in [-0.1, -0.05) is 39.3 Å². The summed E-state index contributed by atoms with van der Waals surface area (Å²) in [6, 6.07) is 5.68. The lowest BCUT2D eigenvalue weighted by molar-refractivity contribution is 0.00567. The van der Waals surface area contributed by atoms with Gasteiger partial charge in [0.2, 0.25) is 0 Å². The Morgan fingerprint density at radius 2 is 1.52 bits per heavy atom. The number of rotatable bonds is 14. The monoisotopic (exact) mass is 756 g/mol. The van der Waals surface area contributed by atoms with Crippen LogP contribution in [0, 0.1) is 5.82 Å². The normalized spacial score (nSPS) is 19.8. The minimum absolute atomic E-state index is 0.0219. The van der Waals surface area contributed by atoms with Gasteiger partial charge in [-0.15, -0.1) is 0 Å². The Kier molecular flexibility index (Phi) is 12.0. The van der Waals surface area contributed by atoms with Crippen LogP contribution in [0.25, 0.3) is 16.8 Å². The Labute approximate surface area is 311 Å². The molecule has 2 bridgehead atoms. The van der Waals surface area contributed by atoms with E-state index in [1.807, 2.05) is 25.7 Å². The minimum Gasteiger partial charge on any atom is -0.444 e. The van der Waals surface area contributed by atoms with Gasteiger partial charge in [-0.3, -0.25) is 4.98 Å². The van der Waals surface area contributed by atoms with Gasteiger partial charge in [-0.05, 0) is 78.5 Å². The quantitative estimate of drug-likeness (QED) is 0.0987. The smallest absolute Gasteiger partial charge is 0.410 e. The van der Waals surface area contributed by atoms with Crippen molar-refractivity contribution in [1.82, 2.24) is 24.5 Å². The molecule has 0 saturated carbocycles. The second-order valence-corrected chi connectivity index (χ2v) is 29.9. The third kappa shape index (κ3) is 10.2. The molecule has 1 amide bonds. The Morgan fingerprint density at radius 1 is 0.942 bits per heavy atom. The molecular formula is C38H61FN6O5Si2. The molecule has 14 heteroatoms. The molecule has 2 saturated heterocycles. The van der Waals surface area contributed by atoms with E-state index < -0.39 is 33.2 Å². The fourth-order valence-corrected chi connectivity index (χ4v) is 8.46. The van der Waals surface area contributed by atoms with Crippen LogP contribution >= 0.6 is 0 Å². The third-order valence-electron chi connectivity index (χ3n) is 9.77. The predicted molar refractivity (Wildman–Crippen MR) is 209 cm³/mol. The highest BCUT2D eigenvalue weighted by molar-refractivity contribution is 6.76. The average molecular weight is 757 g/mol. The summed E-state index contributed by atoms with van der Waals surface area (Å²) in [5.74, 6) is 0.258. The van der Waals surface area contributed by atoms with Crippen LogP contribution in [0.3, 0.4) is 0 Å². The summed E-state index contributed by atoms with van der Waals surface area (Å²) >= 11 is 0. The predicted octanol–water partition coefficient (Wildman–Crippen LogP) is 8.23. The molecule has 2 unspecified atom stereocenters. The Morgan fingerprint density at radius 3 is 2.02 bits per heavy atom. The first-order chi connectivity index (χ1) is 24.1. The molecule has 5 heterocycles. The number of pyridine rings is 1. The van der Waals surface area contributed by atoms with Crippen molar-refractivity contribution in [2.45, 2.75) is 141 Å². The number of aromatic nitrogens is 4. The second kappa shape index (κ2) is 15.4. The summed E-state index contributed by atoms with van der Waals surface area (Å²) in [7, 11) is -2.62. The highest BCUT2D eigenvalue weighted by Gasteiger charge is 2.45. The molecule has 288 valence electrons. The van der Waals surface area contributed by atoms with Gasteiger partial charge < -0.3 is 29.1 Å². The molecule has 0 radical (unpaired) electrons. The summed E-state index contributed by atoms with van der Waals surface area (Å²) in [5, 5.41) is 15.3. The van der Waals surface area contributed by atoms with Gasteiger partial charge in [0.1, 0.15) is 42.0 Å². The molecule has 11 nitrogen and oxygen atoms in total. The molecule has 1 N–H and O–H groups in total. The maximum atomic E-state index is 15.4. The van der Waals surface area contributed by atoms with Crippen LogP contribution in [0.1, 0.15) is 77.6 Å². The van der Waals surface area contributed by atoms with E-state index in [4.69, 9.17) is 24.3 Å². The number of fused-ring (bicyclic) bond motifs is 3. The van der Waals surface area contributed by atoms with Crippen molar-refractivity contribution in [2.75, 3.05) is 31.6 Å². The zero-order chi connectivity index (χ0) is 38.2. The van der Waals surface area contributed by atoms with Gasteiger partial charge in [0.05, 0.1) is 6.20 Å². The standard InChI is InChI=1S/C38H61FN6O5Si2/c1-37(2,3)50-36(46)44-28-12-13-29(44)19-26(18-28)32-21-33(43(24-48-14-16-51(6,7)8)25-49-15-17-52(9,10)11)45-35(42-32)30(23-41-45)27-20-31(39)34(40-22-27)38(4,5)47/h20-23,26,28-29,47H,12-19,24-25H2,1-11H3. The van der Waals surface area contributed by atoms with E-state index in [1.165, 1.54) is 19.9 Å². The molecule has 0 aliphatic carbocycles. The van der Waals surface area contributed by atoms with Gasteiger partial charge in [-0.25, -0.2) is 14.2 Å². The molecule has 0 spiro atoms. The zero-order valence-electron chi connectivity index (χ0n) is 33.3. The second-order valence-electron chi connectivity index (χ2n) is 18.6. The summed E-state index contributed by atoms with van der Waals surface area (Å²) in [5.41, 5.74) is 0.588. The molecule has 2 atom stereocenters. The van der Waals surface area contributed by atoms with Gasteiger partial charge >= 0.3 is 6.09 Å². The van der Waals surface area contributed by atoms with E-state index in [0.717, 1.165) is 49.3 Å². The van der Waals surface area contributed by atoms with Gasteiger partial charge in [0, 0.05) is 76.4 Å². The van der Waals surface area contributed by atoms with Crippen molar-refractivity contribution in [3.05, 3.63) is 41.7 Å². The van der Waals surface area contributed by atoms with Crippen LogP contribution in [-0.2, 0) is 19.8 Å². The first-order valence-corrected chi connectivity index (χ1v) is 26.2. The molecule has 2 aliphatic rings. The lowest BCUT2D eigenvalue weighted by Gasteiger charge is -2.39. The van der Waals surface area contributed by atoms with E-state index in [-0.39, 0.29) is 29.8 Å². The molecule has 3 aromatic heterocycles. The number of hydrogen-bond acceptors (Lipinski definition) is 9. The van der Waals surface area contributed by atoms with E-state index in [1.54, 1.807) is 16.9 Å². The number of amides is 1. The first-order valence-electron chi connectivity index (χ1n) is 18.8. The molecule has 0 aromatic carbocycles. The summed E-state index contributed by atoms with van der Waals surface area (Å²) in [4.78, 5) is 26.9. The lowest BCUT2D eigenvalue weighted by atomic mass is 9.88. The largest absolute Gasteiger partial charge is 0.444 e. The molecule has 52 heavy (non-hydrogen) atoms. The molecule has 2 aliphatic heterocycles. The Hall–Kier alpha value is -2.92.